The molecule has 4 heteroatoms. The van der Waals surface area contributed by atoms with Gasteiger partial charge in [-0.15, -0.1) is 0 Å². The molecular weight excluding hydrogens is 417 g/mol. The highest BCUT2D eigenvalue weighted by Gasteiger charge is 2.07. The fraction of sp³-hybridized carbons (Fsp3) is 0.200. The maximum absolute atomic E-state index is 5.91. The minimum absolute atomic E-state index is 0.161. The number of rotatable bonds is 4. The van der Waals surface area contributed by atoms with Crippen LogP contribution in [0.2, 0.25) is 0 Å². The van der Waals surface area contributed by atoms with Crippen molar-refractivity contribution in [3.05, 3.63) is 56.1 Å². The topological polar surface area (TPSA) is 35.2 Å². The van der Waals surface area contributed by atoms with E-state index in [-0.39, 0.29) is 6.04 Å². The Labute approximate surface area is 135 Å². The standard InChI is InChI=1S/C15H15BrINO/c1-10(18)8-11-6-7-14(12(16)9-11)19-15-5-3-2-4-13(15)17/h2-7,9-10H,8,18H2,1H3. The van der Waals surface area contributed by atoms with E-state index in [4.69, 9.17) is 10.5 Å². The molecule has 2 aromatic rings. The molecule has 0 aliphatic rings. The Morgan fingerprint density at radius 1 is 1.21 bits per heavy atom. The van der Waals surface area contributed by atoms with E-state index in [0.29, 0.717) is 0 Å². The van der Waals surface area contributed by atoms with Crippen molar-refractivity contribution in [1.29, 1.82) is 0 Å². The molecule has 2 aromatic carbocycles. The van der Waals surface area contributed by atoms with E-state index >= 15 is 0 Å². The molecule has 0 aromatic heterocycles. The summed E-state index contributed by atoms with van der Waals surface area (Å²) in [6, 6.07) is 14.2. The van der Waals surface area contributed by atoms with Crippen molar-refractivity contribution in [3.8, 4) is 11.5 Å². The molecule has 19 heavy (non-hydrogen) atoms. The monoisotopic (exact) mass is 431 g/mol. The van der Waals surface area contributed by atoms with E-state index in [9.17, 15) is 0 Å². The van der Waals surface area contributed by atoms with Crippen LogP contribution >= 0.6 is 38.5 Å². The molecule has 1 atom stereocenters. The summed E-state index contributed by atoms with van der Waals surface area (Å²) >= 11 is 5.82. The van der Waals surface area contributed by atoms with Crippen LogP contribution in [0, 0.1) is 3.57 Å². The number of para-hydroxylation sites is 1. The maximum atomic E-state index is 5.91. The van der Waals surface area contributed by atoms with Crippen LogP contribution in [0.1, 0.15) is 12.5 Å². The van der Waals surface area contributed by atoms with Crippen LogP contribution in [-0.4, -0.2) is 6.04 Å². The first-order chi connectivity index (χ1) is 9.06. The predicted molar refractivity (Wildman–Crippen MR) is 90.7 cm³/mol. The molecule has 0 spiro atoms. The number of hydrogen-bond acceptors (Lipinski definition) is 2. The van der Waals surface area contributed by atoms with Gasteiger partial charge in [0.1, 0.15) is 11.5 Å². The molecule has 2 rings (SSSR count). The third-order valence-electron chi connectivity index (χ3n) is 2.61. The fourth-order valence-electron chi connectivity index (χ4n) is 1.77. The van der Waals surface area contributed by atoms with Gasteiger partial charge in [-0.05, 0) is 81.7 Å². The van der Waals surface area contributed by atoms with Crippen LogP contribution in [0.15, 0.2) is 46.9 Å². The van der Waals surface area contributed by atoms with Crippen LogP contribution in [-0.2, 0) is 6.42 Å². The van der Waals surface area contributed by atoms with Gasteiger partial charge < -0.3 is 10.5 Å². The second-order valence-electron chi connectivity index (χ2n) is 4.48. The summed E-state index contributed by atoms with van der Waals surface area (Å²) in [6.45, 7) is 2.00. The Balaban J connectivity index is 2.20. The molecule has 0 heterocycles. The maximum Gasteiger partial charge on any atom is 0.141 e. The van der Waals surface area contributed by atoms with E-state index in [2.05, 4.69) is 50.7 Å². The highest BCUT2D eigenvalue weighted by atomic mass is 127. The van der Waals surface area contributed by atoms with E-state index < -0.39 is 0 Å². The Kier molecular flexibility index (Phi) is 5.24. The molecule has 1 unspecified atom stereocenters. The average molecular weight is 432 g/mol. The van der Waals surface area contributed by atoms with Gasteiger partial charge in [0.05, 0.1) is 8.04 Å². The van der Waals surface area contributed by atoms with Gasteiger partial charge in [-0.1, -0.05) is 18.2 Å². The lowest BCUT2D eigenvalue weighted by molar-refractivity contribution is 0.476. The molecule has 2 N–H and O–H groups in total. The number of benzene rings is 2. The molecule has 0 aliphatic carbocycles. The van der Waals surface area contributed by atoms with E-state index in [1.165, 1.54) is 5.56 Å². The van der Waals surface area contributed by atoms with E-state index in [1.807, 2.05) is 37.3 Å². The number of nitrogens with two attached hydrogens (primary N) is 1. The Hall–Kier alpha value is -0.590. The second kappa shape index (κ2) is 6.72. The smallest absolute Gasteiger partial charge is 0.141 e. The molecular formula is C15H15BrINO. The van der Waals surface area contributed by atoms with Crippen molar-refractivity contribution in [2.24, 2.45) is 5.73 Å². The van der Waals surface area contributed by atoms with Gasteiger partial charge >= 0.3 is 0 Å². The Morgan fingerprint density at radius 3 is 2.58 bits per heavy atom. The quantitative estimate of drug-likeness (QED) is 0.710. The fourth-order valence-corrected chi connectivity index (χ4v) is 2.78. The zero-order valence-corrected chi connectivity index (χ0v) is 14.3. The molecule has 2 nitrogen and oxygen atoms in total. The molecule has 100 valence electrons. The molecule has 0 saturated heterocycles. The summed E-state index contributed by atoms with van der Waals surface area (Å²) in [7, 11) is 0. The number of halogens is 2. The van der Waals surface area contributed by atoms with Crippen molar-refractivity contribution in [3.63, 3.8) is 0 Å². The number of hydrogen-bond donors (Lipinski definition) is 1. The van der Waals surface area contributed by atoms with Gasteiger partial charge in [-0.2, -0.15) is 0 Å². The number of ether oxygens (including phenoxy) is 1. The van der Waals surface area contributed by atoms with Gasteiger partial charge in [0, 0.05) is 6.04 Å². The molecule has 0 fully saturated rings. The normalized spacial score (nSPS) is 12.2. The summed E-state index contributed by atoms with van der Waals surface area (Å²) in [4.78, 5) is 0. The first-order valence-electron chi connectivity index (χ1n) is 6.02. The Bertz CT molecular complexity index is 572. The summed E-state index contributed by atoms with van der Waals surface area (Å²) in [5, 5.41) is 0. The van der Waals surface area contributed by atoms with Crippen molar-refractivity contribution in [1.82, 2.24) is 0 Å². The minimum atomic E-state index is 0.161. The lowest BCUT2D eigenvalue weighted by Gasteiger charge is -2.11. The van der Waals surface area contributed by atoms with Crippen molar-refractivity contribution in [2.45, 2.75) is 19.4 Å². The average Bonchev–Trinajstić information content (AvgIpc) is 2.34. The lowest BCUT2D eigenvalue weighted by Crippen LogP contribution is -2.17. The largest absolute Gasteiger partial charge is 0.455 e. The minimum Gasteiger partial charge on any atom is -0.455 e. The third-order valence-corrected chi connectivity index (χ3v) is 4.12. The van der Waals surface area contributed by atoms with Gasteiger partial charge in [0.15, 0.2) is 0 Å². The van der Waals surface area contributed by atoms with Gasteiger partial charge in [0.25, 0.3) is 0 Å². The highest BCUT2D eigenvalue weighted by molar-refractivity contribution is 14.1. The van der Waals surface area contributed by atoms with Crippen LogP contribution in [0.5, 0.6) is 11.5 Å². The van der Waals surface area contributed by atoms with Crippen molar-refractivity contribution >= 4 is 38.5 Å². The summed E-state index contributed by atoms with van der Waals surface area (Å²) in [5.74, 6) is 1.68. The first kappa shape index (κ1) is 14.8. The van der Waals surface area contributed by atoms with E-state index in [0.717, 1.165) is 26.0 Å². The van der Waals surface area contributed by atoms with Crippen LogP contribution < -0.4 is 10.5 Å². The van der Waals surface area contributed by atoms with Gasteiger partial charge in [0.2, 0.25) is 0 Å². The SMILES string of the molecule is CC(N)Cc1ccc(Oc2ccccc2I)c(Br)c1. The predicted octanol–water partition coefficient (Wildman–Crippen LogP) is 4.74. The van der Waals surface area contributed by atoms with Crippen LogP contribution in [0.3, 0.4) is 0 Å². The molecule has 0 bridgehead atoms. The van der Waals surface area contributed by atoms with Gasteiger partial charge in [-0.25, -0.2) is 0 Å². The second-order valence-corrected chi connectivity index (χ2v) is 6.50. The summed E-state index contributed by atoms with van der Waals surface area (Å²) in [5.41, 5.74) is 7.01. The van der Waals surface area contributed by atoms with Crippen molar-refractivity contribution < 1.29 is 4.74 Å². The molecule has 0 saturated carbocycles. The van der Waals surface area contributed by atoms with Crippen LogP contribution in [0.25, 0.3) is 0 Å². The zero-order chi connectivity index (χ0) is 13.8. The molecule has 0 amide bonds. The summed E-state index contributed by atoms with van der Waals surface area (Å²) < 4.78 is 7.95. The van der Waals surface area contributed by atoms with Crippen LogP contribution in [0.4, 0.5) is 0 Å². The summed E-state index contributed by atoms with van der Waals surface area (Å²) in [6.07, 6.45) is 0.863. The lowest BCUT2D eigenvalue weighted by atomic mass is 10.1. The van der Waals surface area contributed by atoms with Crippen molar-refractivity contribution in [2.75, 3.05) is 0 Å². The molecule has 0 radical (unpaired) electrons. The highest BCUT2D eigenvalue weighted by Crippen LogP contribution is 2.32. The zero-order valence-electron chi connectivity index (χ0n) is 10.6. The van der Waals surface area contributed by atoms with E-state index in [1.54, 1.807) is 0 Å². The third kappa shape index (κ3) is 4.19. The molecule has 0 aliphatic heterocycles. The van der Waals surface area contributed by atoms with Gasteiger partial charge in [-0.3, -0.25) is 0 Å². The first-order valence-corrected chi connectivity index (χ1v) is 7.90. The Morgan fingerprint density at radius 2 is 1.95 bits per heavy atom.